The van der Waals surface area contributed by atoms with Crippen LogP contribution in [0.3, 0.4) is 0 Å². The molecule has 0 aromatic heterocycles. The first kappa shape index (κ1) is 18.7. The van der Waals surface area contributed by atoms with Crippen molar-refractivity contribution >= 4 is 5.91 Å². The number of hydrogen-bond donors (Lipinski definition) is 1. The summed E-state index contributed by atoms with van der Waals surface area (Å²) in [5.41, 5.74) is 4.14. The number of amides is 1. The minimum absolute atomic E-state index is 0.0398. The minimum Gasteiger partial charge on any atom is -0.497 e. The topological polar surface area (TPSA) is 38.3 Å². The Labute approximate surface area is 161 Å². The van der Waals surface area contributed by atoms with E-state index in [1.165, 1.54) is 5.56 Å². The van der Waals surface area contributed by atoms with Crippen LogP contribution < -0.4 is 10.1 Å². The monoisotopic (exact) mass is 359 g/mol. The lowest BCUT2D eigenvalue weighted by Crippen LogP contribution is -2.27. The molecule has 0 radical (unpaired) electrons. The predicted octanol–water partition coefficient (Wildman–Crippen LogP) is 4.97. The van der Waals surface area contributed by atoms with Crippen LogP contribution in [0.25, 0.3) is 0 Å². The predicted molar refractivity (Wildman–Crippen MR) is 109 cm³/mol. The van der Waals surface area contributed by atoms with Gasteiger partial charge in [0.15, 0.2) is 0 Å². The molecule has 3 aromatic rings. The lowest BCUT2D eigenvalue weighted by molar-refractivity contribution is 0.0939. The zero-order chi connectivity index (χ0) is 19.1. The highest BCUT2D eigenvalue weighted by Gasteiger charge is 2.14. The maximum Gasteiger partial charge on any atom is 0.252 e. The van der Waals surface area contributed by atoms with Crippen LogP contribution in [-0.4, -0.2) is 13.0 Å². The van der Waals surface area contributed by atoms with Crippen molar-refractivity contribution in [2.24, 2.45) is 0 Å². The maximum atomic E-state index is 12.8. The van der Waals surface area contributed by atoms with E-state index in [1.807, 2.05) is 73.7 Å². The standard InChI is InChI=1S/C24H25NO2/c1-18(20-14-16-22(27-2)17-15-20)25-24(26)23-11-7-6-10-21(23)13-12-19-8-4-3-5-9-19/h3-11,14-18H,12-13H2,1-2H3,(H,25,26)/t18-/m1/s1. The molecule has 0 spiro atoms. The van der Waals surface area contributed by atoms with Gasteiger partial charge in [0, 0.05) is 5.56 Å². The number of methoxy groups -OCH3 is 1. The average molecular weight is 359 g/mol. The zero-order valence-electron chi connectivity index (χ0n) is 15.8. The van der Waals surface area contributed by atoms with Gasteiger partial charge in [-0.15, -0.1) is 0 Å². The Kier molecular flexibility index (Phi) is 6.26. The zero-order valence-corrected chi connectivity index (χ0v) is 15.8. The third kappa shape index (κ3) is 4.98. The number of aryl methyl sites for hydroxylation is 2. The van der Waals surface area contributed by atoms with Gasteiger partial charge in [-0.2, -0.15) is 0 Å². The molecular formula is C24H25NO2. The summed E-state index contributed by atoms with van der Waals surface area (Å²) in [4.78, 5) is 12.8. The molecule has 0 unspecified atom stereocenters. The Morgan fingerprint density at radius 2 is 1.56 bits per heavy atom. The van der Waals surface area contributed by atoms with Crippen molar-refractivity contribution in [1.82, 2.24) is 5.32 Å². The van der Waals surface area contributed by atoms with E-state index < -0.39 is 0 Å². The van der Waals surface area contributed by atoms with Crippen LogP contribution in [0.4, 0.5) is 0 Å². The second-order valence-corrected chi connectivity index (χ2v) is 6.61. The Morgan fingerprint density at radius 1 is 0.889 bits per heavy atom. The second kappa shape index (κ2) is 9.04. The molecule has 27 heavy (non-hydrogen) atoms. The summed E-state index contributed by atoms with van der Waals surface area (Å²) in [6.07, 6.45) is 1.75. The molecule has 3 heteroatoms. The van der Waals surface area contributed by atoms with Crippen molar-refractivity contribution in [3.05, 3.63) is 101 Å². The molecular weight excluding hydrogens is 334 g/mol. The molecule has 1 amide bonds. The van der Waals surface area contributed by atoms with Crippen LogP contribution in [0.5, 0.6) is 5.75 Å². The summed E-state index contributed by atoms with van der Waals surface area (Å²) in [5.74, 6) is 0.769. The van der Waals surface area contributed by atoms with Crippen molar-refractivity contribution in [2.75, 3.05) is 7.11 Å². The Morgan fingerprint density at radius 3 is 2.26 bits per heavy atom. The summed E-state index contributed by atoms with van der Waals surface area (Å²) in [6.45, 7) is 1.99. The van der Waals surface area contributed by atoms with E-state index in [0.717, 1.165) is 35.3 Å². The normalized spacial score (nSPS) is 11.6. The number of hydrogen-bond acceptors (Lipinski definition) is 2. The molecule has 3 rings (SSSR count). The lowest BCUT2D eigenvalue weighted by atomic mass is 9.99. The van der Waals surface area contributed by atoms with E-state index in [1.54, 1.807) is 7.11 Å². The van der Waals surface area contributed by atoms with Crippen LogP contribution in [0.1, 0.15) is 40.0 Å². The highest BCUT2D eigenvalue weighted by Crippen LogP contribution is 2.19. The number of carbonyl (C=O) groups excluding carboxylic acids is 1. The molecule has 0 heterocycles. The summed E-state index contributed by atoms with van der Waals surface area (Å²) < 4.78 is 5.19. The van der Waals surface area contributed by atoms with Gasteiger partial charge in [0.25, 0.3) is 5.91 Å². The van der Waals surface area contributed by atoms with Gasteiger partial charge in [0.1, 0.15) is 5.75 Å². The SMILES string of the molecule is COc1ccc([C@@H](C)NC(=O)c2ccccc2CCc2ccccc2)cc1. The van der Waals surface area contributed by atoms with Crippen molar-refractivity contribution < 1.29 is 9.53 Å². The maximum absolute atomic E-state index is 12.8. The lowest BCUT2D eigenvalue weighted by Gasteiger charge is -2.16. The first-order valence-electron chi connectivity index (χ1n) is 9.24. The molecule has 3 aromatic carbocycles. The molecule has 0 aliphatic carbocycles. The fourth-order valence-corrected chi connectivity index (χ4v) is 3.13. The minimum atomic E-state index is -0.0782. The van der Waals surface area contributed by atoms with E-state index >= 15 is 0 Å². The molecule has 1 atom stereocenters. The van der Waals surface area contributed by atoms with Crippen LogP contribution in [-0.2, 0) is 12.8 Å². The quantitative estimate of drug-likeness (QED) is 0.647. The fourth-order valence-electron chi connectivity index (χ4n) is 3.13. The first-order chi connectivity index (χ1) is 13.2. The Balaban J connectivity index is 1.68. The molecule has 3 nitrogen and oxygen atoms in total. The number of benzene rings is 3. The highest BCUT2D eigenvalue weighted by atomic mass is 16.5. The smallest absolute Gasteiger partial charge is 0.252 e. The van der Waals surface area contributed by atoms with E-state index in [4.69, 9.17) is 4.74 Å². The van der Waals surface area contributed by atoms with Gasteiger partial charge in [0.2, 0.25) is 0 Å². The average Bonchev–Trinajstić information content (AvgIpc) is 2.73. The molecule has 0 aliphatic heterocycles. The second-order valence-electron chi connectivity index (χ2n) is 6.61. The van der Waals surface area contributed by atoms with Gasteiger partial charge >= 0.3 is 0 Å². The summed E-state index contributed by atoms with van der Waals surface area (Å²) >= 11 is 0. The molecule has 1 N–H and O–H groups in total. The molecule has 0 aliphatic rings. The molecule has 0 fully saturated rings. The van der Waals surface area contributed by atoms with E-state index in [2.05, 4.69) is 17.4 Å². The van der Waals surface area contributed by atoms with Crippen LogP contribution in [0.15, 0.2) is 78.9 Å². The van der Waals surface area contributed by atoms with E-state index in [9.17, 15) is 4.79 Å². The third-order valence-corrected chi connectivity index (χ3v) is 4.75. The Hall–Kier alpha value is -3.07. The number of nitrogens with one attached hydrogen (secondary N) is 1. The largest absolute Gasteiger partial charge is 0.497 e. The number of ether oxygens (including phenoxy) is 1. The summed E-state index contributed by atoms with van der Waals surface area (Å²) in [5, 5.41) is 3.11. The van der Waals surface area contributed by atoms with Gasteiger partial charge in [0.05, 0.1) is 13.2 Å². The fraction of sp³-hybridized carbons (Fsp3) is 0.208. The van der Waals surface area contributed by atoms with Crippen LogP contribution >= 0.6 is 0 Å². The van der Waals surface area contributed by atoms with Crippen LogP contribution in [0.2, 0.25) is 0 Å². The van der Waals surface area contributed by atoms with Gasteiger partial charge in [-0.05, 0) is 54.7 Å². The van der Waals surface area contributed by atoms with Crippen molar-refractivity contribution in [1.29, 1.82) is 0 Å². The molecule has 0 saturated heterocycles. The number of carbonyl (C=O) groups is 1. The van der Waals surface area contributed by atoms with Gasteiger partial charge < -0.3 is 10.1 Å². The van der Waals surface area contributed by atoms with E-state index in [0.29, 0.717) is 0 Å². The van der Waals surface area contributed by atoms with Gasteiger partial charge in [-0.3, -0.25) is 4.79 Å². The molecule has 0 bridgehead atoms. The Bertz CT molecular complexity index is 872. The van der Waals surface area contributed by atoms with Crippen molar-refractivity contribution in [3.63, 3.8) is 0 Å². The van der Waals surface area contributed by atoms with Gasteiger partial charge in [-0.25, -0.2) is 0 Å². The van der Waals surface area contributed by atoms with E-state index in [-0.39, 0.29) is 11.9 Å². The van der Waals surface area contributed by atoms with Crippen LogP contribution in [0, 0.1) is 0 Å². The molecule has 0 saturated carbocycles. The number of rotatable bonds is 7. The molecule has 138 valence electrons. The first-order valence-corrected chi connectivity index (χ1v) is 9.24. The third-order valence-electron chi connectivity index (χ3n) is 4.75. The van der Waals surface area contributed by atoms with Gasteiger partial charge in [-0.1, -0.05) is 60.7 Å². The van der Waals surface area contributed by atoms with Crippen molar-refractivity contribution in [3.8, 4) is 5.75 Å². The van der Waals surface area contributed by atoms with Crippen molar-refractivity contribution in [2.45, 2.75) is 25.8 Å². The highest BCUT2D eigenvalue weighted by molar-refractivity contribution is 5.95. The summed E-state index contributed by atoms with van der Waals surface area (Å²) in [7, 11) is 1.65. The summed E-state index contributed by atoms with van der Waals surface area (Å²) in [6, 6.07) is 25.9.